The van der Waals surface area contributed by atoms with Crippen LogP contribution in [0.15, 0.2) is 160 Å². The third-order valence-corrected chi connectivity index (χ3v) is 8.45. The van der Waals surface area contributed by atoms with E-state index in [2.05, 4.69) is 119 Å². The summed E-state index contributed by atoms with van der Waals surface area (Å²) < 4.78 is 8.86. The molecule has 5 nitrogen and oxygen atoms in total. The minimum atomic E-state index is -0.410. The van der Waals surface area contributed by atoms with Crippen molar-refractivity contribution in [3.8, 4) is 5.69 Å². The number of hydrogen-bond acceptors (Lipinski definition) is 4. The van der Waals surface area contributed by atoms with E-state index in [-0.39, 0.29) is 0 Å². The molecule has 0 saturated carbocycles. The van der Waals surface area contributed by atoms with Gasteiger partial charge in [0.05, 0.1) is 11.0 Å². The molecule has 1 N–H and O–H groups in total. The molecule has 9 rings (SSSR count). The Labute approximate surface area is 253 Å². The van der Waals surface area contributed by atoms with Crippen LogP contribution < -0.4 is 5.32 Å². The molecular weight excluding hydrogens is 540 g/mol. The number of hydrogen-bond donors (Lipinski definition) is 1. The van der Waals surface area contributed by atoms with Crippen molar-refractivity contribution in [1.82, 2.24) is 9.88 Å². The summed E-state index contributed by atoms with van der Waals surface area (Å²) in [5.41, 5.74) is 8.11. The summed E-state index contributed by atoms with van der Waals surface area (Å²) in [6.07, 6.45) is -0.410. The highest BCUT2D eigenvalue weighted by Crippen LogP contribution is 2.36. The largest absolute Gasteiger partial charge is 0.456 e. The number of furan rings is 1. The zero-order valence-electron chi connectivity index (χ0n) is 23.7. The second-order valence-electron chi connectivity index (χ2n) is 11.1. The molecule has 0 bridgehead atoms. The summed E-state index contributed by atoms with van der Waals surface area (Å²) in [7, 11) is 0. The lowest BCUT2D eigenvalue weighted by Crippen LogP contribution is -2.35. The number of para-hydroxylation sites is 2. The molecule has 0 amide bonds. The fraction of sp³-hybridized carbons (Fsp3) is 0.0256. The van der Waals surface area contributed by atoms with E-state index < -0.39 is 6.17 Å². The van der Waals surface area contributed by atoms with Gasteiger partial charge in [0, 0.05) is 50.0 Å². The third kappa shape index (κ3) is 3.94. The lowest BCUT2D eigenvalue weighted by atomic mass is 10.1. The molecule has 44 heavy (non-hydrogen) atoms. The number of nitrogens with one attached hydrogen (secondary N) is 1. The number of benzene rings is 6. The number of rotatable bonds is 4. The summed E-state index contributed by atoms with van der Waals surface area (Å²) >= 11 is 0. The number of aromatic nitrogens is 1. The Morgan fingerprint density at radius 3 is 1.64 bits per heavy atom. The molecule has 6 aromatic carbocycles. The van der Waals surface area contributed by atoms with E-state index in [1.807, 2.05) is 36.4 Å². The molecule has 5 heteroatoms. The zero-order valence-corrected chi connectivity index (χ0v) is 23.7. The monoisotopic (exact) mass is 566 g/mol. The van der Waals surface area contributed by atoms with Crippen LogP contribution in [-0.2, 0) is 0 Å². The Morgan fingerprint density at radius 2 is 1.02 bits per heavy atom. The summed E-state index contributed by atoms with van der Waals surface area (Å²) in [4.78, 5) is 10.1. The summed E-state index contributed by atoms with van der Waals surface area (Å²) in [6, 6.07) is 50.3. The molecule has 0 fully saturated rings. The topological polar surface area (TPSA) is 54.8 Å². The van der Waals surface area contributed by atoms with Crippen LogP contribution in [0.3, 0.4) is 0 Å². The van der Waals surface area contributed by atoms with E-state index in [9.17, 15) is 0 Å². The molecule has 3 heterocycles. The van der Waals surface area contributed by atoms with Crippen LogP contribution in [0, 0.1) is 0 Å². The average Bonchev–Trinajstić information content (AvgIpc) is 3.63. The Morgan fingerprint density at radius 1 is 0.500 bits per heavy atom. The van der Waals surface area contributed by atoms with Crippen molar-refractivity contribution in [3.05, 3.63) is 162 Å². The molecule has 2 aromatic heterocycles. The van der Waals surface area contributed by atoms with Crippen LogP contribution in [0.4, 0.5) is 0 Å². The second kappa shape index (κ2) is 9.82. The highest BCUT2D eigenvalue weighted by Gasteiger charge is 2.22. The van der Waals surface area contributed by atoms with Gasteiger partial charge in [-0.25, -0.2) is 9.98 Å². The summed E-state index contributed by atoms with van der Waals surface area (Å²) in [5.74, 6) is 1.59. The minimum absolute atomic E-state index is 0.410. The molecule has 208 valence electrons. The SMILES string of the molecule is c1ccc(C2=NC(c3ccc4c(c3)oc3cc(-n5c6ccccc6c6ccccc65)ccc34)N=C(c3ccccc3)N2)cc1. The highest BCUT2D eigenvalue weighted by atomic mass is 16.3. The van der Waals surface area contributed by atoms with E-state index in [0.29, 0.717) is 0 Å². The van der Waals surface area contributed by atoms with E-state index in [4.69, 9.17) is 14.4 Å². The Kier molecular flexibility index (Phi) is 5.50. The smallest absolute Gasteiger partial charge is 0.169 e. The molecule has 8 aromatic rings. The first kappa shape index (κ1) is 24.6. The second-order valence-corrected chi connectivity index (χ2v) is 11.1. The molecule has 0 unspecified atom stereocenters. The predicted molar refractivity (Wildman–Crippen MR) is 180 cm³/mol. The quantitative estimate of drug-likeness (QED) is 0.231. The van der Waals surface area contributed by atoms with Gasteiger partial charge in [0.15, 0.2) is 6.17 Å². The van der Waals surface area contributed by atoms with Gasteiger partial charge in [-0.3, -0.25) is 0 Å². The zero-order chi connectivity index (χ0) is 29.0. The fourth-order valence-corrected chi connectivity index (χ4v) is 6.37. The van der Waals surface area contributed by atoms with Gasteiger partial charge in [-0.05, 0) is 30.3 Å². The third-order valence-electron chi connectivity index (χ3n) is 8.45. The van der Waals surface area contributed by atoms with Crippen molar-refractivity contribution in [2.24, 2.45) is 9.98 Å². The maximum absolute atomic E-state index is 6.54. The van der Waals surface area contributed by atoms with Crippen molar-refractivity contribution in [2.75, 3.05) is 0 Å². The number of aliphatic imine (C=N–C) groups is 2. The molecule has 0 radical (unpaired) electrons. The van der Waals surface area contributed by atoms with Gasteiger partial charge in [0.1, 0.15) is 22.8 Å². The summed E-state index contributed by atoms with van der Waals surface area (Å²) in [5, 5.41) is 8.11. The van der Waals surface area contributed by atoms with Crippen LogP contribution in [0.2, 0.25) is 0 Å². The van der Waals surface area contributed by atoms with Gasteiger partial charge in [-0.2, -0.15) is 0 Å². The Balaban J connectivity index is 1.17. The van der Waals surface area contributed by atoms with Gasteiger partial charge >= 0.3 is 0 Å². The standard InChI is InChI=1S/C39H26N4O/c1-3-11-25(12-4-1)37-40-38(26-13-5-2-6-14-26)42-39(41-37)27-19-21-31-32-22-20-28(24-36(32)44-35(31)23-27)43-33-17-9-7-15-29(33)30-16-8-10-18-34(30)43/h1-24,39H,(H,40,41,42). The molecule has 0 saturated heterocycles. The van der Waals surface area contributed by atoms with Crippen molar-refractivity contribution < 1.29 is 4.42 Å². The van der Waals surface area contributed by atoms with Crippen LogP contribution in [0.5, 0.6) is 0 Å². The lowest BCUT2D eigenvalue weighted by molar-refractivity contribution is 0.665. The van der Waals surface area contributed by atoms with E-state index in [1.54, 1.807) is 0 Å². The number of fused-ring (bicyclic) bond motifs is 6. The van der Waals surface area contributed by atoms with Crippen LogP contribution >= 0.6 is 0 Å². The van der Waals surface area contributed by atoms with E-state index in [0.717, 1.165) is 56.0 Å². The van der Waals surface area contributed by atoms with Crippen LogP contribution in [0.25, 0.3) is 49.4 Å². The Hall–Kier alpha value is -5.94. The van der Waals surface area contributed by atoms with E-state index >= 15 is 0 Å². The molecule has 1 aliphatic heterocycles. The normalized spacial score (nSPS) is 13.8. The molecule has 0 atom stereocenters. The van der Waals surface area contributed by atoms with Crippen molar-refractivity contribution in [3.63, 3.8) is 0 Å². The van der Waals surface area contributed by atoms with Gasteiger partial charge < -0.3 is 14.3 Å². The Bertz CT molecular complexity index is 2310. The maximum atomic E-state index is 6.54. The number of nitrogens with zero attached hydrogens (tertiary/aromatic N) is 3. The van der Waals surface area contributed by atoms with Crippen LogP contribution in [0.1, 0.15) is 22.9 Å². The van der Waals surface area contributed by atoms with Crippen molar-refractivity contribution in [1.29, 1.82) is 0 Å². The van der Waals surface area contributed by atoms with Gasteiger partial charge in [-0.1, -0.05) is 109 Å². The van der Waals surface area contributed by atoms with E-state index in [1.165, 1.54) is 21.8 Å². The predicted octanol–water partition coefficient (Wildman–Crippen LogP) is 9.18. The first-order chi connectivity index (χ1) is 21.8. The molecule has 0 spiro atoms. The molecular formula is C39H26N4O. The number of amidine groups is 2. The molecule has 1 aliphatic rings. The van der Waals surface area contributed by atoms with Crippen molar-refractivity contribution >= 4 is 55.4 Å². The average molecular weight is 567 g/mol. The maximum Gasteiger partial charge on any atom is 0.169 e. The lowest BCUT2D eigenvalue weighted by Gasteiger charge is -2.22. The van der Waals surface area contributed by atoms with Crippen molar-refractivity contribution in [2.45, 2.75) is 6.17 Å². The highest BCUT2D eigenvalue weighted by molar-refractivity contribution is 6.16. The first-order valence-electron chi connectivity index (χ1n) is 14.8. The first-order valence-corrected chi connectivity index (χ1v) is 14.8. The summed E-state index contributed by atoms with van der Waals surface area (Å²) in [6.45, 7) is 0. The van der Waals surface area contributed by atoms with Gasteiger partial charge in [0.2, 0.25) is 0 Å². The minimum Gasteiger partial charge on any atom is -0.456 e. The van der Waals surface area contributed by atoms with Crippen LogP contribution in [-0.4, -0.2) is 16.2 Å². The van der Waals surface area contributed by atoms with Gasteiger partial charge in [-0.15, -0.1) is 0 Å². The molecule has 0 aliphatic carbocycles. The van der Waals surface area contributed by atoms with Gasteiger partial charge in [0.25, 0.3) is 0 Å². The fourth-order valence-electron chi connectivity index (χ4n) is 6.37.